The zero-order chi connectivity index (χ0) is 11.4. The Morgan fingerprint density at radius 1 is 1.06 bits per heavy atom. The van der Waals surface area contributed by atoms with E-state index in [1.165, 1.54) is 0 Å². The van der Waals surface area contributed by atoms with Crippen molar-refractivity contribution in [1.82, 2.24) is 9.97 Å². The highest BCUT2D eigenvalue weighted by Gasteiger charge is 1.99. The second-order valence-electron chi connectivity index (χ2n) is 3.10. The lowest BCUT2D eigenvalue weighted by Crippen LogP contribution is -2.02. The van der Waals surface area contributed by atoms with E-state index in [1.807, 2.05) is 24.3 Å². The molecule has 1 heterocycles. The van der Waals surface area contributed by atoms with E-state index in [9.17, 15) is 0 Å². The van der Waals surface area contributed by atoms with E-state index in [0.29, 0.717) is 18.1 Å². The normalized spacial score (nSPS) is 10.1. The molecule has 16 heavy (non-hydrogen) atoms. The topological polar surface area (TPSA) is 61.0 Å². The molecular formula is C11H10BrN3O. The number of ether oxygens (including phenoxy) is 1. The molecule has 0 spiro atoms. The van der Waals surface area contributed by atoms with Crippen LogP contribution in [0.5, 0.6) is 11.5 Å². The number of halogens is 1. The van der Waals surface area contributed by atoms with E-state index >= 15 is 0 Å². The molecule has 0 saturated heterocycles. The third-order valence-corrected chi connectivity index (χ3v) is 2.44. The van der Waals surface area contributed by atoms with Crippen molar-refractivity contribution in [2.75, 3.05) is 0 Å². The molecule has 0 amide bonds. The van der Waals surface area contributed by atoms with E-state index < -0.39 is 0 Å². The fourth-order valence-corrected chi connectivity index (χ4v) is 1.40. The highest BCUT2D eigenvalue weighted by atomic mass is 79.9. The van der Waals surface area contributed by atoms with Gasteiger partial charge in [0.2, 0.25) is 0 Å². The van der Waals surface area contributed by atoms with Gasteiger partial charge in [0.05, 0.1) is 18.9 Å². The average Bonchev–Trinajstić information content (AvgIpc) is 2.33. The van der Waals surface area contributed by atoms with Gasteiger partial charge in [-0.3, -0.25) is 0 Å². The molecular weight excluding hydrogens is 270 g/mol. The van der Waals surface area contributed by atoms with Crippen molar-refractivity contribution in [2.24, 2.45) is 5.73 Å². The van der Waals surface area contributed by atoms with Gasteiger partial charge in [0.15, 0.2) is 5.75 Å². The summed E-state index contributed by atoms with van der Waals surface area (Å²) in [7, 11) is 0. The van der Waals surface area contributed by atoms with Crippen LogP contribution in [0.3, 0.4) is 0 Å². The van der Waals surface area contributed by atoms with Crippen LogP contribution in [-0.4, -0.2) is 9.97 Å². The first-order valence-electron chi connectivity index (χ1n) is 4.72. The van der Waals surface area contributed by atoms with Crippen LogP contribution >= 0.6 is 15.9 Å². The molecule has 0 aliphatic rings. The van der Waals surface area contributed by atoms with Crippen LogP contribution in [0, 0.1) is 0 Å². The average molecular weight is 280 g/mol. The Morgan fingerprint density at radius 3 is 2.25 bits per heavy atom. The van der Waals surface area contributed by atoms with Crippen molar-refractivity contribution in [3.8, 4) is 11.5 Å². The molecule has 0 atom stereocenters. The third-order valence-electron chi connectivity index (χ3n) is 1.91. The predicted molar refractivity (Wildman–Crippen MR) is 64.1 cm³/mol. The van der Waals surface area contributed by atoms with Crippen LogP contribution in [0.15, 0.2) is 41.1 Å². The van der Waals surface area contributed by atoms with Gasteiger partial charge in [0.25, 0.3) is 0 Å². The largest absolute Gasteiger partial charge is 0.454 e. The fourth-order valence-electron chi connectivity index (χ4n) is 1.14. The predicted octanol–water partition coefficient (Wildman–Crippen LogP) is 2.49. The van der Waals surface area contributed by atoms with Gasteiger partial charge < -0.3 is 10.5 Å². The molecule has 2 aromatic rings. The van der Waals surface area contributed by atoms with Crippen LogP contribution in [0.4, 0.5) is 0 Å². The van der Waals surface area contributed by atoms with Gasteiger partial charge in [0, 0.05) is 4.47 Å². The molecule has 0 radical (unpaired) electrons. The van der Waals surface area contributed by atoms with Gasteiger partial charge >= 0.3 is 0 Å². The number of hydrogen-bond donors (Lipinski definition) is 1. The summed E-state index contributed by atoms with van der Waals surface area (Å²) in [6.07, 6.45) is 3.22. The van der Waals surface area contributed by atoms with E-state index in [0.717, 1.165) is 10.2 Å². The Balaban J connectivity index is 2.11. The molecule has 4 nitrogen and oxygen atoms in total. The number of hydrogen-bond acceptors (Lipinski definition) is 4. The molecule has 0 aliphatic heterocycles. The summed E-state index contributed by atoms with van der Waals surface area (Å²) in [6.45, 7) is 0.332. The van der Waals surface area contributed by atoms with E-state index in [1.54, 1.807) is 12.4 Å². The molecule has 5 heteroatoms. The minimum absolute atomic E-state index is 0.332. The van der Waals surface area contributed by atoms with Gasteiger partial charge in [-0.25, -0.2) is 9.97 Å². The summed E-state index contributed by atoms with van der Waals surface area (Å²) in [4.78, 5) is 8.08. The molecule has 1 aromatic carbocycles. The van der Waals surface area contributed by atoms with Gasteiger partial charge in [0.1, 0.15) is 11.6 Å². The fraction of sp³-hybridized carbons (Fsp3) is 0.0909. The van der Waals surface area contributed by atoms with Crippen LogP contribution in [-0.2, 0) is 6.54 Å². The standard InChI is InChI=1S/C11H10BrN3O/c12-8-1-3-9(4-2-8)16-10-6-14-11(5-13)15-7-10/h1-4,6-7H,5,13H2. The molecule has 2 rings (SSSR count). The van der Waals surface area contributed by atoms with Crippen LogP contribution in [0.1, 0.15) is 5.82 Å². The first kappa shape index (κ1) is 11.0. The van der Waals surface area contributed by atoms with E-state index in [4.69, 9.17) is 10.5 Å². The van der Waals surface area contributed by atoms with Crippen LogP contribution in [0.2, 0.25) is 0 Å². The zero-order valence-electron chi connectivity index (χ0n) is 8.43. The SMILES string of the molecule is NCc1ncc(Oc2ccc(Br)cc2)cn1. The third kappa shape index (κ3) is 2.77. The lowest BCUT2D eigenvalue weighted by Gasteiger charge is -2.04. The molecule has 1 aromatic heterocycles. The second-order valence-corrected chi connectivity index (χ2v) is 4.01. The first-order valence-corrected chi connectivity index (χ1v) is 5.51. The number of nitrogens with zero attached hydrogens (tertiary/aromatic N) is 2. The lowest BCUT2D eigenvalue weighted by atomic mass is 10.3. The van der Waals surface area contributed by atoms with Crippen molar-refractivity contribution >= 4 is 15.9 Å². The smallest absolute Gasteiger partial charge is 0.164 e. The number of benzene rings is 1. The molecule has 0 saturated carbocycles. The molecule has 82 valence electrons. The van der Waals surface area contributed by atoms with Crippen molar-refractivity contribution in [3.63, 3.8) is 0 Å². The summed E-state index contributed by atoms with van der Waals surface area (Å²) in [6, 6.07) is 7.54. The molecule has 0 aliphatic carbocycles. The maximum absolute atomic E-state index is 5.55. The summed E-state index contributed by atoms with van der Waals surface area (Å²) in [5, 5.41) is 0. The first-order chi connectivity index (χ1) is 7.78. The Hall–Kier alpha value is -1.46. The van der Waals surface area contributed by atoms with E-state index in [-0.39, 0.29) is 0 Å². The molecule has 2 N–H and O–H groups in total. The van der Waals surface area contributed by atoms with Gasteiger partial charge in [-0.15, -0.1) is 0 Å². The quantitative estimate of drug-likeness (QED) is 0.938. The summed E-state index contributed by atoms with van der Waals surface area (Å²) < 4.78 is 6.56. The summed E-state index contributed by atoms with van der Waals surface area (Å²) >= 11 is 3.36. The highest BCUT2D eigenvalue weighted by molar-refractivity contribution is 9.10. The van der Waals surface area contributed by atoms with Gasteiger partial charge in [-0.05, 0) is 24.3 Å². The lowest BCUT2D eigenvalue weighted by molar-refractivity contribution is 0.476. The molecule has 0 fully saturated rings. The Kier molecular flexibility index (Phi) is 3.48. The summed E-state index contributed by atoms with van der Waals surface area (Å²) in [5.74, 6) is 1.94. The van der Waals surface area contributed by atoms with E-state index in [2.05, 4.69) is 25.9 Å². The number of rotatable bonds is 3. The maximum atomic E-state index is 5.55. The van der Waals surface area contributed by atoms with Crippen LogP contribution < -0.4 is 10.5 Å². The second kappa shape index (κ2) is 5.05. The Bertz CT molecular complexity index is 456. The van der Waals surface area contributed by atoms with Crippen LogP contribution in [0.25, 0.3) is 0 Å². The zero-order valence-corrected chi connectivity index (χ0v) is 10.0. The summed E-state index contributed by atoms with van der Waals surface area (Å²) in [5.41, 5.74) is 5.40. The van der Waals surface area contributed by atoms with Crippen molar-refractivity contribution in [2.45, 2.75) is 6.54 Å². The Morgan fingerprint density at radius 2 is 1.69 bits per heavy atom. The Labute approximate surface area is 102 Å². The van der Waals surface area contributed by atoms with Crippen molar-refractivity contribution in [1.29, 1.82) is 0 Å². The number of nitrogens with two attached hydrogens (primary N) is 1. The minimum atomic E-state index is 0.332. The number of aromatic nitrogens is 2. The van der Waals surface area contributed by atoms with Gasteiger partial charge in [-0.1, -0.05) is 15.9 Å². The van der Waals surface area contributed by atoms with Crippen molar-refractivity contribution in [3.05, 3.63) is 47.0 Å². The van der Waals surface area contributed by atoms with Gasteiger partial charge in [-0.2, -0.15) is 0 Å². The monoisotopic (exact) mass is 279 g/mol. The minimum Gasteiger partial charge on any atom is -0.454 e. The maximum Gasteiger partial charge on any atom is 0.164 e. The molecule has 0 bridgehead atoms. The highest BCUT2D eigenvalue weighted by Crippen LogP contribution is 2.21. The van der Waals surface area contributed by atoms with Crippen molar-refractivity contribution < 1.29 is 4.74 Å². The molecule has 0 unspecified atom stereocenters.